The molecule has 0 saturated heterocycles. The Kier molecular flexibility index (Phi) is 7.82. The summed E-state index contributed by atoms with van der Waals surface area (Å²) in [7, 11) is 0. The molecule has 0 amide bonds. The van der Waals surface area contributed by atoms with E-state index in [2.05, 4.69) is 179 Å². The van der Waals surface area contributed by atoms with Crippen molar-refractivity contribution in [2.45, 2.75) is 0 Å². The molecule has 0 spiro atoms. The number of aromatic nitrogens is 2. The number of para-hydroxylation sites is 2. The first-order valence-electron chi connectivity index (χ1n) is 23.3. The molecule has 0 atom stereocenters. The van der Waals surface area contributed by atoms with Crippen LogP contribution in [-0.4, -0.2) is 9.13 Å². The maximum atomic E-state index is 11.6. The molecule has 15 rings (SSSR count). The van der Waals surface area contributed by atoms with Gasteiger partial charge in [-0.3, -0.25) is 0 Å². The molecule has 0 N–H and O–H groups in total. The van der Waals surface area contributed by atoms with Crippen LogP contribution in [-0.2, 0) is 0 Å². The fourth-order valence-corrected chi connectivity index (χ4v) is 11.5. The Morgan fingerprint density at radius 3 is 1.31 bits per heavy atom. The second kappa shape index (κ2) is 14.3. The van der Waals surface area contributed by atoms with E-state index in [0.29, 0.717) is 22.5 Å². The highest BCUT2D eigenvalue weighted by Crippen LogP contribution is 2.45. The van der Waals surface area contributed by atoms with Gasteiger partial charge in [0.15, 0.2) is 0 Å². The van der Waals surface area contributed by atoms with Crippen LogP contribution in [0.4, 0.5) is 0 Å². The third-order valence-corrected chi connectivity index (χ3v) is 14.6. The molecule has 0 aliphatic rings. The van der Waals surface area contributed by atoms with Gasteiger partial charge < -0.3 is 18.0 Å². The van der Waals surface area contributed by atoms with Crippen LogP contribution in [0.2, 0.25) is 0 Å². The van der Waals surface area contributed by atoms with Crippen molar-refractivity contribution in [2.75, 3.05) is 0 Å². The van der Waals surface area contributed by atoms with Gasteiger partial charge in [-0.15, -0.1) is 0 Å². The highest BCUT2D eigenvalue weighted by Gasteiger charge is 2.26. The summed E-state index contributed by atoms with van der Waals surface area (Å²) in [4.78, 5) is 0. The molecule has 11 aromatic carbocycles. The van der Waals surface area contributed by atoms with Gasteiger partial charge >= 0.3 is 0 Å². The fraction of sp³-hybridized carbons (Fsp3) is 0. The number of nitrogens with zero attached hydrogens (tertiary/aromatic N) is 4. The predicted molar refractivity (Wildman–Crippen MR) is 285 cm³/mol. The number of furan rings is 2. The standard InChI is InChI=1S/C64H34N4O2/c65-35-43-23-28-55(67-53-26-21-39(31-50(53)62-44-11-3-1-9-37(44)19-29-56(62)67)41-17-24-48-46-13-5-7-15-58(46)69-60(48)33-41)52(36-66)64(43)68-54-27-22-40(32-51(54)63-45-12-4-2-10-38(45)20-30-57(63)68)42-18-25-49-47-14-6-8-16-59(47)70-61(49)34-42/h1-34H. The molecule has 4 heterocycles. The van der Waals surface area contributed by atoms with Crippen molar-refractivity contribution in [1.82, 2.24) is 9.13 Å². The third-order valence-electron chi connectivity index (χ3n) is 14.6. The van der Waals surface area contributed by atoms with Crippen LogP contribution < -0.4 is 0 Å². The second-order valence-corrected chi connectivity index (χ2v) is 18.2. The van der Waals surface area contributed by atoms with Gasteiger partial charge in [-0.25, -0.2) is 0 Å². The van der Waals surface area contributed by atoms with Crippen LogP contribution in [0, 0.1) is 22.7 Å². The minimum Gasteiger partial charge on any atom is -0.456 e. The zero-order valence-electron chi connectivity index (χ0n) is 37.2. The molecule has 0 unspecified atom stereocenters. The van der Waals surface area contributed by atoms with Crippen molar-refractivity contribution in [3.8, 4) is 45.8 Å². The number of fused-ring (bicyclic) bond motifs is 16. The van der Waals surface area contributed by atoms with Crippen molar-refractivity contribution in [2.24, 2.45) is 0 Å². The smallest absolute Gasteiger partial charge is 0.136 e. The lowest BCUT2D eigenvalue weighted by molar-refractivity contribution is 0.668. The Hall–Kier alpha value is -9.88. The number of benzene rings is 11. The Morgan fingerprint density at radius 2 is 0.771 bits per heavy atom. The van der Waals surface area contributed by atoms with Crippen LogP contribution in [0.3, 0.4) is 0 Å². The summed E-state index contributed by atoms with van der Waals surface area (Å²) in [6.45, 7) is 0. The summed E-state index contributed by atoms with van der Waals surface area (Å²) in [6, 6.07) is 76.7. The van der Waals surface area contributed by atoms with E-state index in [4.69, 9.17) is 8.83 Å². The maximum Gasteiger partial charge on any atom is 0.136 e. The predicted octanol–water partition coefficient (Wildman–Crippen LogP) is 17.1. The second-order valence-electron chi connectivity index (χ2n) is 18.2. The Morgan fingerprint density at radius 1 is 0.329 bits per heavy atom. The molecular weight excluding hydrogens is 857 g/mol. The molecule has 6 nitrogen and oxygen atoms in total. The first kappa shape index (κ1) is 38.2. The summed E-state index contributed by atoms with van der Waals surface area (Å²) in [6.07, 6.45) is 0. The maximum absolute atomic E-state index is 11.6. The lowest BCUT2D eigenvalue weighted by Crippen LogP contribution is -2.06. The summed E-state index contributed by atoms with van der Waals surface area (Å²) < 4.78 is 17.0. The van der Waals surface area contributed by atoms with Gasteiger partial charge in [-0.1, -0.05) is 121 Å². The van der Waals surface area contributed by atoms with Crippen molar-refractivity contribution in [3.63, 3.8) is 0 Å². The zero-order valence-corrected chi connectivity index (χ0v) is 37.2. The number of rotatable bonds is 4. The van der Waals surface area contributed by atoms with E-state index in [0.717, 1.165) is 131 Å². The molecule has 0 fully saturated rings. The van der Waals surface area contributed by atoms with Gasteiger partial charge in [0.1, 0.15) is 40.0 Å². The SMILES string of the molecule is N#Cc1ccc(-n2c3ccc(-c4ccc5c(c4)oc4ccccc45)cc3c3c4ccccc4ccc32)c(C#N)c1-n1c2ccc(-c3ccc4c(c3)oc3ccccc34)cc2c2c3ccccc3ccc21. The van der Waals surface area contributed by atoms with Crippen LogP contribution >= 0.6 is 0 Å². The average molecular weight is 891 g/mol. The summed E-state index contributed by atoms with van der Waals surface area (Å²) in [5, 5.41) is 35.6. The fourth-order valence-electron chi connectivity index (χ4n) is 11.5. The van der Waals surface area contributed by atoms with Crippen LogP contribution in [0.15, 0.2) is 215 Å². The lowest BCUT2D eigenvalue weighted by atomic mass is 9.99. The molecule has 0 radical (unpaired) electrons. The first-order valence-corrected chi connectivity index (χ1v) is 23.3. The molecule has 4 aromatic heterocycles. The van der Waals surface area contributed by atoms with Crippen molar-refractivity contribution in [3.05, 3.63) is 217 Å². The van der Waals surface area contributed by atoms with Gasteiger partial charge in [0.2, 0.25) is 0 Å². The normalized spacial score (nSPS) is 12.0. The summed E-state index contributed by atoms with van der Waals surface area (Å²) in [5.41, 5.74) is 13.3. The molecule has 15 aromatic rings. The molecule has 0 aliphatic carbocycles. The van der Waals surface area contributed by atoms with Crippen molar-refractivity contribution in [1.29, 1.82) is 10.5 Å². The van der Waals surface area contributed by atoms with Gasteiger partial charge in [0, 0.05) is 43.1 Å². The molecule has 6 heteroatoms. The van der Waals surface area contributed by atoms with Crippen molar-refractivity contribution < 1.29 is 8.83 Å². The first-order chi connectivity index (χ1) is 34.6. The van der Waals surface area contributed by atoms with E-state index in [9.17, 15) is 10.5 Å². The topological polar surface area (TPSA) is 83.7 Å². The van der Waals surface area contributed by atoms with Gasteiger partial charge in [0.25, 0.3) is 0 Å². The third kappa shape index (κ3) is 5.30. The van der Waals surface area contributed by atoms with E-state index in [-0.39, 0.29) is 0 Å². The molecular formula is C64H34N4O2. The number of hydrogen-bond donors (Lipinski definition) is 0. The minimum absolute atomic E-state index is 0.400. The van der Waals surface area contributed by atoms with E-state index in [1.54, 1.807) is 0 Å². The van der Waals surface area contributed by atoms with Gasteiger partial charge in [0.05, 0.1) is 39.0 Å². The average Bonchev–Trinajstić information content (AvgIpc) is 4.17. The van der Waals surface area contributed by atoms with E-state index in [1.807, 2.05) is 48.5 Å². The highest BCUT2D eigenvalue weighted by atomic mass is 16.3. The molecule has 0 aliphatic heterocycles. The van der Waals surface area contributed by atoms with Crippen LogP contribution in [0.5, 0.6) is 0 Å². The minimum atomic E-state index is 0.400. The summed E-state index contributed by atoms with van der Waals surface area (Å²) >= 11 is 0. The van der Waals surface area contributed by atoms with Crippen molar-refractivity contribution >= 4 is 109 Å². The van der Waals surface area contributed by atoms with Crippen LogP contribution in [0.25, 0.3) is 143 Å². The number of nitriles is 2. The van der Waals surface area contributed by atoms with Gasteiger partial charge in [-0.2, -0.15) is 10.5 Å². The molecule has 0 bridgehead atoms. The molecule has 0 saturated carbocycles. The monoisotopic (exact) mass is 890 g/mol. The quantitative estimate of drug-likeness (QED) is 0.176. The largest absolute Gasteiger partial charge is 0.456 e. The van der Waals surface area contributed by atoms with E-state index in [1.165, 1.54) is 0 Å². The van der Waals surface area contributed by atoms with Crippen LogP contribution in [0.1, 0.15) is 11.1 Å². The highest BCUT2D eigenvalue weighted by molar-refractivity contribution is 6.24. The Bertz CT molecular complexity index is 4870. The van der Waals surface area contributed by atoms with Gasteiger partial charge in [-0.05, 0) is 129 Å². The van der Waals surface area contributed by atoms with E-state index >= 15 is 0 Å². The molecule has 70 heavy (non-hydrogen) atoms. The zero-order chi connectivity index (χ0) is 46.2. The summed E-state index contributed by atoms with van der Waals surface area (Å²) in [5.74, 6) is 0. The lowest BCUT2D eigenvalue weighted by Gasteiger charge is -2.17. The van der Waals surface area contributed by atoms with E-state index < -0.39 is 0 Å². The molecule has 322 valence electrons. The Labute approximate surface area is 398 Å². The Balaban J connectivity index is 0.980. The number of hydrogen-bond acceptors (Lipinski definition) is 4.